The first-order valence-electron chi connectivity index (χ1n) is 6.46. The molecule has 96 valence electrons. The van der Waals surface area contributed by atoms with Gasteiger partial charge in [0.25, 0.3) is 0 Å². The van der Waals surface area contributed by atoms with Crippen molar-refractivity contribution >= 4 is 0 Å². The first kappa shape index (κ1) is 14.0. The molecule has 1 rings (SSSR count). The molecule has 0 aliphatic carbocycles. The quantitative estimate of drug-likeness (QED) is 0.811. The van der Waals surface area contributed by atoms with Crippen LogP contribution in [0.1, 0.15) is 44.4 Å². The number of benzene rings is 1. The van der Waals surface area contributed by atoms with Crippen molar-refractivity contribution in [2.75, 3.05) is 13.7 Å². The molecular formula is C15H25NO. The van der Waals surface area contributed by atoms with Gasteiger partial charge in [0.15, 0.2) is 0 Å². The number of hydrogen-bond acceptors (Lipinski definition) is 2. The van der Waals surface area contributed by atoms with Crippen molar-refractivity contribution in [3.63, 3.8) is 0 Å². The van der Waals surface area contributed by atoms with Crippen molar-refractivity contribution in [2.24, 2.45) is 5.92 Å². The fourth-order valence-corrected chi connectivity index (χ4v) is 2.14. The van der Waals surface area contributed by atoms with Gasteiger partial charge >= 0.3 is 0 Å². The van der Waals surface area contributed by atoms with Crippen molar-refractivity contribution in [2.45, 2.75) is 40.2 Å². The Morgan fingerprint density at radius 3 is 2.53 bits per heavy atom. The maximum Gasteiger partial charge on any atom is 0.123 e. The van der Waals surface area contributed by atoms with Crippen LogP contribution >= 0.6 is 0 Å². The van der Waals surface area contributed by atoms with Crippen LogP contribution in [-0.4, -0.2) is 13.7 Å². The van der Waals surface area contributed by atoms with E-state index in [2.05, 4.69) is 51.2 Å². The van der Waals surface area contributed by atoms with Gasteiger partial charge in [-0.25, -0.2) is 0 Å². The van der Waals surface area contributed by atoms with E-state index in [1.165, 1.54) is 11.1 Å². The lowest BCUT2D eigenvalue weighted by molar-refractivity contribution is 0.383. The number of rotatable bonds is 6. The maximum absolute atomic E-state index is 5.50. The van der Waals surface area contributed by atoms with Crippen LogP contribution in [0.2, 0.25) is 0 Å². The van der Waals surface area contributed by atoms with Gasteiger partial charge in [0.2, 0.25) is 0 Å². The van der Waals surface area contributed by atoms with Gasteiger partial charge in [-0.15, -0.1) is 0 Å². The van der Waals surface area contributed by atoms with Gasteiger partial charge in [0.1, 0.15) is 5.75 Å². The zero-order valence-corrected chi connectivity index (χ0v) is 11.7. The van der Waals surface area contributed by atoms with Crippen LogP contribution in [0, 0.1) is 12.8 Å². The van der Waals surface area contributed by atoms with Gasteiger partial charge in [0, 0.05) is 11.6 Å². The van der Waals surface area contributed by atoms with E-state index in [-0.39, 0.29) is 0 Å². The summed E-state index contributed by atoms with van der Waals surface area (Å²) in [5.74, 6) is 1.67. The molecule has 0 heterocycles. The van der Waals surface area contributed by atoms with Gasteiger partial charge in [-0.1, -0.05) is 32.9 Å². The monoisotopic (exact) mass is 235 g/mol. The molecule has 0 radical (unpaired) electrons. The lowest BCUT2D eigenvalue weighted by atomic mass is 9.95. The average Bonchev–Trinajstić information content (AvgIpc) is 2.27. The summed E-state index contributed by atoms with van der Waals surface area (Å²) in [7, 11) is 1.75. The second kappa shape index (κ2) is 6.65. The summed E-state index contributed by atoms with van der Waals surface area (Å²) in [5, 5.41) is 3.54. The fourth-order valence-electron chi connectivity index (χ4n) is 2.14. The molecule has 1 unspecified atom stereocenters. The Hall–Kier alpha value is -1.02. The molecule has 1 N–H and O–H groups in total. The smallest absolute Gasteiger partial charge is 0.123 e. The number of hydrogen-bond donors (Lipinski definition) is 1. The van der Waals surface area contributed by atoms with E-state index in [0.717, 1.165) is 18.7 Å². The SMILES string of the molecule is CCNC(CC(C)C)c1ccc(C)cc1OC. The minimum atomic E-state index is 0.385. The van der Waals surface area contributed by atoms with E-state index in [9.17, 15) is 0 Å². The highest BCUT2D eigenvalue weighted by Gasteiger charge is 2.16. The van der Waals surface area contributed by atoms with E-state index in [1.807, 2.05) is 0 Å². The molecule has 0 spiro atoms. The van der Waals surface area contributed by atoms with Crippen LogP contribution in [-0.2, 0) is 0 Å². The molecule has 0 saturated heterocycles. The Labute approximate surface area is 105 Å². The molecule has 17 heavy (non-hydrogen) atoms. The summed E-state index contributed by atoms with van der Waals surface area (Å²) in [5.41, 5.74) is 2.51. The number of aryl methyl sites for hydroxylation is 1. The highest BCUT2D eigenvalue weighted by molar-refractivity contribution is 5.39. The molecule has 1 atom stereocenters. The van der Waals surface area contributed by atoms with Crippen molar-refractivity contribution < 1.29 is 4.74 Å². The zero-order valence-electron chi connectivity index (χ0n) is 11.7. The summed E-state index contributed by atoms with van der Waals surface area (Å²) in [6, 6.07) is 6.84. The van der Waals surface area contributed by atoms with Crippen molar-refractivity contribution in [1.29, 1.82) is 0 Å². The van der Waals surface area contributed by atoms with Crippen molar-refractivity contribution in [3.05, 3.63) is 29.3 Å². The lowest BCUT2D eigenvalue weighted by Gasteiger charge is -2.22. The molecule has 0 aliphatic heterocycles. The second-order valence-corrected chi connectivity index (χ2v) is 4.99. The Morgan fingerprint density at radius 1 is 1.29 bits per heavy atom. The topological polar surface area (TPSA) is 21.3 Å². The molecule has 0 saturated carbocycles. The van der Waals surface area contributed by atoms with Crippen molar-refractivity contribution in [1.82, 2.24) is 5.32 Å². The van der Waals surface area contributed by atoms with Gasteiger partial charge in [-0.05, 0) is 37.4 Å². The third kappa shape index (κ3) is 4.04. The predicted molar refractivity (Wildman–Crippen MR) is 73.6 cm³/mol. The van der Waals surface area contributed by atoms with Crippen LogP contribution in [0.4, 0.5) is 0 Å². The highest BCUT2D eigenvalue weighted by Crippen LogP contribution is 2.30. The van der Waals surface area contributed by atoms with Gasteiger partial charge < -0.3 is 10.1 Å². The Kier molecular flexibility index (Phi) is 5.49. The molecule has 0 aliphatic rings. The third-order valence-corrected chi connectivity index (χ3v) is 2.92. The summed E-state index contributed by atoms with van der Waals surface area (Å²) in [6.45, 7) is 9.73. The summed E-state index contributed by atoms with van der Waals surface area (Å²) in [6.07, 6.45) is 1.13. The number of nitrogens with one attached hydrogen (secondary N) is 1. The van der Waals surface area contributed by atoms with Crippen molar-refractivity contribution in [3.8, 4) is 5.75 Å². The standard InChI is InChI=1S/C15H25NO/c1-6-16-14(9-11(2)3)13-8-7-12(4)10-15(13)17-5/h7-8,10-11,14,16H,6,9H2,1-5H3. The first-order chi connectivity index (χ1) is 8.08. The molecule has 0 aromatic heterocycles. The predicted octanol–water partition coefficient (Wildman–Crippen LogP) is 3.70. The van der Waals surface area contributed by atoms with E-state index in [0.29, 0.717) is 12.0 Å². The minimum Gasteiger partial charge on any atom is -0.496 e. The normalized spacial score (nSPS) is 12.8. The maximum atomic E-state index is 5.50. The van der Waals surface area contributed by atoms with Crippen LogP contribution < -0.4 is 10.1 Å². The van der Waals surface area contributed by atoms with Gasteiger partial charge in [-0.2, -0.15) is 0 Å². The van der Waals surface area contributed by atoms with Crippen LogP contribution in [0.3, 0.4) is 0 Å². The molecule has 1 aromatic rings. The Balaban J connectivity index is 2.99. The average molecular weight is 235 g/mol. The highest BCUT2D eigenvalue weighted by atomic mass is 16.5. The summed E-state index contributed by atoms with van der Waals surface area (Å²) < 4.78 is 5.50. The summed E-state index contributed by atoms with van der Waals surface area (Å²) >= 11 is 0. The Morgan fingerprint density at radius 2 is 2.00 bits per heavy atom. The van der Waals surface area contributed by atoms with E-state index < -0.39 is 0 Å². The molecule has 2 nitrogen and oxygen atoms in total. The molecular weight excluding hydrogens is 210 g/mol. The first-order valence-corrected chi connectivity index (χ1v) is 6.46. The number of methoxy groups -OCH3 is 1. The van der Waals surface area contributed by atoms with Gasteiger partial charge in [-0.3, -0.25) is 0 Å². The summed E-state index contributed by atoms with van der Waals surface area (Å²) in [4.78, 5) is 0. The van der Waals surface area contributed by atoms with E-state index >= 15 is 0 Å². The molecule has 2 heteroatoms. The zero-order chi connectivity index (χ0) is 12.8. The fraction of sp³-hybridized carbons (Fsp3) is 0.600. The molecule has 1 aromatic carbocycles. The molecule has 0 bridgehead atoms. The Bertz CT molecular complexity index is 347. The van der Waals surface area contributed by atoms with E-state index in [1.54, 1.807) is 7.11 Å². The largest absolute Gasteiger partial charge is 0.496 e. The van der Waals surface area contributed by atoms with Gasteiger partial charge in [0.05, 0.1) is 7.11 Å². The molecule has 0 fully saturated rings. The number of ether oxygens (including phenoxy) is 1. The lowest BCUT2D eigenvalue weighted by Crippen LogP contribution is -2.23. The second-order valence-electron chi connectivity index (χ2n) is 4.99. The third-order valence-electron chi connectivity index (χ3n) is 2.92. The van der Waals surface area contributed by atoms with Crippen LogP contribution in [0.15, 0.2) is 18.2 Å². The molecule has 0 amide bonds. The van der Waals surface area contributed by atoms with Crippen LogP contribution in [0.25, 0.3) is 0 Å². The minimum absolute atomic E-state index is 0.385. The van der Waals surface area contributed by atoms with Crippen LogP contribution in [0.5, 0.6) is 5.75 Å². The van der Waals surface area contributed by atoms with E-state index in [4.69, 9.17) is 4.74 Å².